The van der Waals surface area contributed by atoms with E-state index >= 15 is 0 Å². The molecule has 0 saturated heterocycles. The lowest BCUT2D eigenvalue weighted by atomic mass is 10.0. The molecule has 1 rings (SSSR count). The number of carbonyl (C=O) groups excluding carboxylic acids is 1. The Morgan fingerprint density at radius 3 is 2.50 bits per heavy atom. The van der Waals surface area contributed by atoms with Gasteiger partial charge in [0.2, 0.25) is 5.91 Å². The number of hydrogen-bond acceptors (Lipinski definition) is 2. The second-order valence-electron chi connectivity index (χ2n) is 4.99. The van der Waals surface area contributed by atoms with Gasteiger partial charge in [0.05, 0.1) is 12.1 Å². The smallest absolute Gasteiger partial charge is 0.237 e. The molecule has 2 atom stereocenters. The number of nitrogens with two attached hydrogens (primary N) is 1. The molecule has 18 heavy (non-hydrogen) atoms. The molecule has 0 heterocycles. The fraction of sp³-hybridized carbons (Fsp3) is 0.500. The van der Waals surface area contributed by atoms with E-state index in [0.717, 1.165) is 10.0 Å². The van der Waals surface area contributed by atoms with Crippen LogP contribution >= 0.6 is 15.9 Å². The van der Waals surface area contributed by atoms with Crippen LogP contribution in [0.15, 0.2) is 28.7 Å². The van der Waals surface area contributed by atoms with Gasteiger partial charge in [-0.2, -0.15) is 0 Å². The van der Waals surface area contributed by atoms with Gasteiger partial charge in [-0.25, -0.2) is 0 Å². The largest absolute Gasteiger partial charge is 0.348 e. The van der Waals surface area contributed by atoms with E-state index in [-0.39, 0.29) is 11.9 Å². The van der Waals surface area contributed by atoms with E-state index in [4.69, 9.17) is 5.73 Å². The van der Waals surface area contributed by atoms with Gasteiger partial charge in [0.25, 0.3) is 0 Å². The Morgan fingerprint density at radius 2 is 1.94 bits per heavy atom. The van der Waals surface area contributed by atoms with Crippen molar-refractivity contribution in [3.8, 4) is 0 Å². The Hall–Kier alpha value is -0.870. The van der Waals surface area contributed by atoms with Crippen LogP contribution in [0.4, 0.5) is 0 Å². The SMILES string of the molecule is CC(C)CC(N)C(=O)N[C@H](C)c1ccccc1Br. The van der Waals surface area contributed by atoms with Crippen molar-refractivity contribution in [3.05, 3.63) is 34.3 Å². The molecule has 3 nitrogen and oxygen atoms in total. The fourth-order valence-electron chi connectivity index (χ4n) is 1.84. The van der Waals surface area contributed by atoms with Gasteiger partial charge in [-0.05, 0) is 30.9 Å². The Bertz CT molecular complexity index is 407. The molecule has 0 aliphatic carbocycles. The van der Waals surface area contributed by atoms with Crippen LogP contribution in [0.1, 0.15) is 38.8 Å². The highest BCUT2D eigenvalue weighted by atomic mass is 79.9. The molecule has 1 aromatic carbocycles. The average molecular weight is 313 g/mol. The first-order valence-corrected chi connectivity index (χ1v) is 7.01. The Kier molecular flexibility index (Phi) is 5.82. The summed E-state index contributed by atoms with van der Waals surface area (Å²) in [4.78, 5) is 11.9. The summed E-state index contributed by atoms with van der Waals surface area (Å²) in [5.41, 5.74) is 6.92. The minimum atomic E-state index is -0.435. The molecule has 1 unspecified atom stereocenters. The lowest BCUT2D eigenvalue weighted by Crippen LogP contribution is -2.42. The maximum absolute atomic E-state index is 11.9. The molecule has 100 valence electrons. The van der Waals surface area contributed by atoms with Crippen molar-refractivity contribution in [2.75, 3.05) is 0 Å². The monoisotopic (exact) mass is 312 g/mol. The Morgan fingerprint density at radius 1 is 1.33 bits per heavy atom. The summed E-state index contributed by atoms with van der Waals surface area (Å²) in [6.45, 7) is 6.08. The van der Waals surface area contributed by atoms with Crippen LogP contribution in [0, 0.1) is 5.92 Å². The van der Waals surface area contributed by atoms with Gasteiger partial charge in [-0.3, -0.25) is 4.79 Å². The normalized spacial score (nSPS) is 14.3. The van der Waals surface area contributed by atoms with Gasteiger partial charge in [0.15, 0.2) is 0 Å². The van der Waals surface area contributed by atoms with E-state index in [1.165, 1.54) is 0 Å². The summed E-state index contributed by atoms with van der Waals surface area (Å²) in [6.07, 6.45) is 0.703. The van der Waals surface area contributed by atoms with Crippen molar-refractivity contribution in [1.82, 2.24) is 5.32 Å². The zero-order chi connectivity index (χ0) is 13.7. The molecule has 4 heteroatoms. The van der Waals surface area contributed by atoms with Crippen LogP contribution < -0.4 is 11.1 Å². The van der Waals surface area contributed by atoms with Crippen LogP contribution in [0.5, 0.6) is 0 Å². The van der Waals surface area contributed by atoms with Gasteiger partial charge in [0, 0.05) is 4.47 Å². The topological polar surface area (TPSA) is 55.1 Å². The van der Waals surface area contributed by atoms with Gasteiger partial charge in [-0.1, -0.05) is 48.0 Å². The molecule has 0 aromatic heterocycles. The Balaban J connectivity index is 2.62. The predicted molar refractivity (Wildman–Crippen MR) is 78.1 cm³/mol. The molecule has 0 saturated carbocycles. The summed E-state index contributed by atoms with van der Waals surface area (Å²) in [5, 5.41) is 2.95. The minimum Gasteiger partial charge on any atom is -0.348 e. The van der Waals surface area contributed by atoms with Crippen molar-refractivity contribution in [2.45, 2.75) is 39.3 Å². The van der Waals surface area contributed by atoms with Crippen molar-refractivity contribution in [1.29, 1.82) is 0 Å². The third kappa shape index (κ3) is 4.42. The van der Waals surface area contributed by atoms with Gasteiger partial charge < -0.3 is 11.1 Å². The lowest BCUT2D eigenvalue weighted by molar-refractivity contribution is -0.123. The van der Waals surface area contributed by atoms with Crippen molar-refractivity contribution >= 4 is 21.8 Å². The van der Waals surface area contributed by atoms with Crippen LogP contribution in [-0.4, -0.2) is 11.9 Å². The number of hydrogen-bond donors (Lipinski definition) is 2. The highest BCUT2D eigenvalue weighted by molar-refractivity contribution is 9.10. The molecule has 3 N–H and O–H groups in total. The summed E-state index contributed by atoms with van der Waals surface area (Å²) < 4.78 is 0.996. The molecule has 0 spiro atoms. The van der Waals surface area contributed by atoms with E-state index in [1.807, 2.05) is 31.2 Å². The summed E-state index contributed by atoms with van der Waals surface area (Å²) >= 11 is 3.48. The maximum atomic E-state index is 11.9. The first-order chi connectivity index (χ1) is 8.41. The lowest BCUT2D eigenvalue weighted by Gasteiger charge is -2.19. The number of rotatable bonds is 5. The first-order valence-electron chi connectivity index (χ1n) is 6.22. The van der Waals surface area contributed by atoms with E-state index in [1.54, 1.807) is 0 Å². The van der Waals surface area contributed by atoms with Crippen LogP contribution in [0.25, 0.3) is 0 Å². The third-order valence-electron chi connectivity index (χ3n) is 2.79. The summed E-state index contributed by atoms with van der Waals surface area (Å²) in [6, 6.07) is 7.37. The molecule has 0 fully saturated rings. The maximum Gasteiger partial charge on any atom is 0.237 e. The first kappa shape index (κ1) is 15.2. The predicted octanol–water partition coefficient (Wildman–Crippen LogP) is 3.00. The summed E-state index contributed by atoms with van der Waals surface area (Å²) in [7, 11) is 0. The summed E-state index contributed by atoms with van der Waals surface area (Å²) in [5.74, 6) is 0.330. The van der Waals surface area contributed by atoms with Crippen molar-refractivity contribution in [3.63, 3.8) is 0 Å². The molecule has 1 amide bonds. The van der Waals surface area contributed by atoms with Crippen molar-refractivity contribution in [2.24, 2.45) is 11.7 Å². The molecule has 0 bridgehead atoms. The average Bonchev–Trinajstić information content (AvgIpc) is 2.28. The molecule has 0 aliphatic heterocycles. The van der Waals surface area contributed by atoms with Crippen molar-refractivity contribution < 1.29 is 4.79 Å². The van der Waals surface area contributed by atoms with E-state index in [2.05, 4.69) is 35.1 Å². The molecule has 0 radical (unpaired) electrons. The van der Waals surface area contributed by atoms with Gasteiger partial charge in [0.1, 0.15) is 0 Å². The third-order valence-corrected chi connectivity index (χ3v) is 3.51. The molecular formula is C14H21BrN2O. The molecule has 1 aromatic rings. The number of benzene rings is 1. The zero-order valence-corrected chi connectivity index (χ0v) is 12.7. The second kappa shape index (κ2) is 6.90. The second-order valence-corrected chi connectivity index (χ2v) is 5.84. The minimum absolute atomic E-state index is 0.0497. The number of halogens is 1. The van der Waals surface area contributed by atoms with E-state index in [9.17, 15) is 4.79 Å². The Labute approximate surface area is 117 Å². The highest BCUT2D eigenvalue weighted by Crippen LogP contribution is 2.22. The quantitative estimate of drug-likeness (QED) is 0.878. The number of nitrogens with one attached hydrogen (secondary N) is 1. The molecular weight excluding hydrogens is 292 g/mol. The van der Waals surface area contributed by atoms with Gasteiger partial charge in [-0.15, -0.1) is 0 Å². The van der Waals surface area contributed by atoms with Crippen LogP contribution in [0.2, 0.25) is 0 Å². The number of carbonyl (C=O) groups is 1. The van der Waals surface area contributed by atoms with Crippen LogP contribution in [0.3, 0.4) is 0 Å². The van der Waals surface area contributed by atoms with Gasteiger partial charge >= 0.3 is 0 Å². The van der Waals surface area contributed by atoms with Crippen LogP contribution in [-0.2, 0) is 4.79 Å². The van der Waals surface area contributed by atoms with E-state index in [0.29, 0.717) is 12.3 Å². The fourth-order valence-corrected chi connectivity index (χ4v) is 2.47. The van der Waals surface area contributed by atoms with E-state index < -0.39 is 6.04 Å². The zero-order valence-electron chi connectivity index (χ0n) is 11.1. The molecule has 0 aliphatic rings. The number of amides is 1. The highest BCUT2D eigenvalue weighted by Gasteiger charge is 2.18. The standard InChI is InChI=1S/C14H21BrN2O/c1-9(2)8-13(16)14(18)17-10(3)11-6-4-5-7-12(11)15/h4-7,9-10,13H,8,16H2,1-3H3,(H,17,18)/t10-,13?/m1/s1.